The molecule has 0 fully saturated rings. The van der Waals surface area contributed by atoms with Crippen molar-refractivity contribution in [3.05, 3.63) is 70.8 Å². The molecule has 0 saturated carbocycles. The Morgan fingerprint density at radius 1 is 1.08 bits per heavy atom. The second-order valence-corrected chi connectivity index (χ2v) is 6.29. The van der Waals surface area contributed by atoms with Crippen LogP contribution in [0.3, 0.4) is 0 Å². The van der Waals surface area contributed by atoms with E-state index in [4.69, 9.17) is 0 Å². The number of fused-ring (bicyclic) bond motifs is 1. The first kappa shape index (κ1) is 21.5. The van der Waals surface area contributed by atoms with Gasteiger partial charge in [0.25, 0.3) is 5.91 Å². The first-order valence-corrected chi connectivity index (χ1v) is 7.96. The Kier molecular flexibility index (Phi) is 8.39. The summed E-state index contributed by atoms with van der Waals surface area (Å²) in [5, 5.41) is 6.48. The third kappa shape index (κ3) is 5.44. The van der Waals surface area contributed by atoms with Crippen molar-refractivity contribution in [2.75, 3.05) is 20.6 Å². The normalized spacial score (nSPS) is 13.4. The van der Waals surface area contributed by atoms with E-state index < -0.39 is 0 Å². The fourth-order valence-corrected chi connectivity index (χ4v) is 2.96. The number of hydrogen-bond donors (Lipinski definition) is 2. The van der Waals surface area contributed by atoms with E-state index in [2.05, 4.69) is 27.7 Å². The van der Waals surface area contributed by atoms with Gasteiger partial charge >= 0.3 is 0 Å². The van der Waals surface area contributed by atoms with Gasteiger partial charge in [-0.1, -0.05) is 36.4 Å². The maximum Gasteiger partial charge on any atom is 0.251 e. The van der Waals surface area contributed by atoms with Crippen molar-refractivity contribution in [2.24, 2.45) is 0 Å². The molecule has 1 atom stereocenters. The van der Waals surface area contributed by atoms with Crippen LogP contribution < -0.4 is 10.6 Å². The van der Waals surface area contributed by atoms with Gasteiger partial charge in [-0.2, -0.15) is 0 Å². The number of halogens is 2. The molecular weight excluding hydrogens is 357 g/mol. The lowest BCUT2D eigenvalue weighted by molar-refractivity contribution is 0.0930. The van der Waals surface area contributed by atoms with Gasteiger partial charge in [0.2, 0.25) is 0 Å². The van der Waals surface area contributed by atoms with Gasteiger partial charge in [-0.05, 0) is 42.9 Å². The molecule has 2 aromatic rings. The van der Waals surface area contributed by atoms with E-state index in [9.17, 15) is 4.79 Å². The Morgan fingerprint density at radius 2 is 1.76 bits per heavy atom. The smallest absolute Gasteiger partial charge is 0.251 e. The molecule has 4 nitrogen and oxygen atoms in total. The van der Waals surface area contributed by atoms with Crippen LogP contribution in [-0.4, -0.2) is 31.4 Å². The number of benzene rings is 2. The maximum atomic E-state index is 12.7. The highest BCUT2D eigenvalue weighted by Crippen LogP contribution is 2.19. The maximum absolute atomic E-state index is 12.7. The van der Waals surface area contributed by atoms with Crippen molar-refractivity contribution in [3.63, 3.8) is 0 Å². The van der Waals surface area contributed by atoms with Crippen LogP contribution in [0.2, 0.25) is 0 Å². The minimum atomic E-state index is -0.0231. The van der Waals surface area contributed by atoms with Crippen LogP contribution >= 0.6 is 24.8 Å². The number of hydrogen-bond acceptors (Lipinski definition) is 3. The molecule has 136 valence electrons. The van der Waals surface area contributed by atoms with Gasteiger partial charge < -0.3 is 15.5 Å². The lowest BCUT2D eigenvalue weighted by Gasteiger charge is -2.23. The van der Waals surface area contributed by atoms with Crippen LogP contribution in [-0.2, 0) is 13.1 Å². The Labute approximate surface area is 161 Å². The number of nitrogens with one attached hydrogen (secondary N) is 2. The first-order valence-electron chi connectivity index (χ1n) is 7.96. The molecule has 1 aliphatic rings. The highest BCUT2D eigenvalue weighted by Gasteiger charge is 2.18. The van der Waals surface area contributed by atoms with Crippen LogP contribution in [0.1, 0.15) is 33.1 Å². The van der Waals surface area contributed by atoms with Crippen LogP contribution in [0, 0.1) is 0 Å². The molecule has 0 bridgehead atoms. The van der Waals surface area contributed by atoms with Crippen molar-refractivity contribution in [1.82, 2.24) is 15.5 Å². The summed E-state index contributed by atoms with van der Waals surface area (Å²) in [6.45, 7) is 2.50. The summed E-state index contributed by atoms with van der Waals surface area (Å²) in [5.41, 5.74) is 4.36. The highest BCUT2D eigenvalue weighted by atomic mass is 35.5. The van der Waals surface area contributed by atoms with Gasteiger partial charge in [0, 0.05) is 25.2 Å². The van der Waals surface area contributed by atoms with E-state index in [1.54, 1.807) is 0 Å². The van der Waals surface area contributed by atoms with Gasteiger partial charge in [-0.25, -0.2) is 0 Å². The third-order valence-electron chi connectivity index (χ3n) is 4.15. The zero-order valence-electron chi connectivity index (χ0n) is 14.5. The van der Waals surface area contributed by atoms with E-state index in [1.807, 2.05) is 50.5 Å². The molecule has 0 aliphatic carbocycles. The van der Waals surface area contributed by atoms with Gasteiger partial charge in [-0.15, -0.1) is 24.8 Å². The molecule has 1 heterocycles. The summed E-state index contributed by atoms with van der Waals surface area (Å²) in [6, 6.07) is 16.1. The van der Waals surface area contributed by atoms with Crippen molar-refractivity contribution < 1.29 is 4.79 Å². The minimum Gasteiger partial charge on any atom is -0.344 e. The van der Waals surface area contributed by atoms with E-state index in [0.717, 1.165) is 30.8 Å². The number of rotatable bonds is 5. The zero-order valence-corrected chi connectivity index (χ0v) is 16.1. The standard InChI is InChI=1S/C19H23N3O.2ClH/c1-22(2)13-18(14-6-4-3-5-7-14)21-19(23)15-8-9-16-11-20-12-17(16)10-15;;/h3-10,18,20H,11-13H2,1-2H3,(H,21,23);2*1H. The van der Waals surface area contributed by atoms with Gasteiger partial charge in [-0.3, -0.25) is 4.79 Å². The predicted molar refractivity (Wildman–Crippen MR) is 107 cm³/mol. The SMILES string of the molecule is CN(C)CC(NC(=O)c1ccc2c(c1)CNC2)c1ccccc1.Cl.Cl. The number of carbonyl (C=O) groups is 1. The van der Waals surface area contributed by atoms with E-state index in [1.165, 1.54) is 11.1 Å². The zero-order chi connectivity index (χ0) is 16.2. The number of likely N-dealkylation sites (N-methyl/N-ethyl adjacent to an activating group) is 1. The van der Waals surface area contributed by atoms with Gasteiger partial charge in [0.05, 0.1) is 6.04 Å². The van der Waals surface area contributed by atoms with Crippen LogP contribution in [0.4, 0.5) is 0 Å². The fraction of sp³-hybridized carbons (Fsp3) is 0.316. The van der Waals surface area contributed by atoms with Crippen LogP contribution in [0.15, 0.2) is 48.5 Å². The molecule has 1 amide bonds. The molecule has 0 aromatic heterocycles. The molecule has 6 heteroatoms. The molecule has 25 heavy (non-hydrogen) atoms. The Balaban J connectivity index is 0.00000156. The third-order valence-corrected chi connectivity index (χ3v) is 4.15. The molecule has 0 saturated heterocycles. The molecule has 3 rings (SSSR count). The molecule has 0 radical (unpaired) electrons. The molecule has 0 spiro atoms. The summed E-state index contributed by atoms with van der Waals surface area (Å²) in [6.07, 6.45) is 0. The second kappa shape index (κ2) is 9.78. The van der Waals surface area contributed by atoms with Crippen molar-refractivity contribution >= 4 is 30.7 Å². The highest BCUT2D eigenvalue weighted by molar-refractivity contribution is 5.94. The lowest BCUT2D eigenvalue weighted by Crippen LogP contribution is -2.35. The van der Waals surface area contributed by atoms with Crippen molar-refractivity contribution in [2.45, 2.75) is 19.1 Å². The summed E-state index contributed by atoms with van der Waals surface area (Å²) < 4.78 is 0. The Morgan fingerprint density at radius 3 is 2.44 bits per heavy atom. The quantitative estimate of drug-likeness (QED) is 0.835. The summed E-state index contributed by atoms with van der Waals surface area (Å²) >= 11 is 0. The monoisotopic (exact) mass is 381 g/mol. The molecule has 1 unspecified atom stereocenters. The first-order chi connectivity index (χ1) is 11.1. The van der Waals surface area contributed by atoms with Gasteiger partial charge in [0.15, 0.2) is 0 Å². The van der Waals surface area contributed by atoms with Crippen LogP contribution in [0.25, 0.3) is 0 Å². The Hall–Kier alpha value is -1.59. The predicted octanol–water partition coefficient (Wildman–Crippen LogP) is 3.17. The average molecular weight is 382 g/mol. The van der Waals surface area contributed by atoms with Crippen LogP contribution in [0.5, 0.6) is 0 Å². The lowest BCUT2D eigenvalue weighted by atomic mass is 10.0. The molecular formula is C19H25Cl2N3O. The average Bonchev–Trinajstić information content (AvgIpc) is 3.02. The number of carbonyl (C=O) groups excluding carboxylic acids is 1. The Bertz CT molecular complexity index is 692. The van der Waals surface area contributed by atoms with Crippen molar-refractivity contribution in [3.8, 4) is 0 Å². The fourth-order valence-electron chi connectivity index (χ4n) is 2.96. The largest absolute Gasteiger partial charge is 0.344 e. The number of nitrogens with zero attached hydrogens (tertiary/aromatic N) is 1. The molecule has 2 aromatic carbocycles. The van der Waals surface area contributed by atoms with E-state index in [0.29, 0.717) is 0 Å². The van der Waals surface area contributed by atoms with E-state index in [-0.39, 0.29) is 36.8 Å². The minimum absolute atomic E-state index is 0. The second-order valence-electron chi connectivity index (χ2n) is 6.29. The van der Waals surface area contributed by atoms with Crippen molar-refractivity contribution in [1.29, 1.82) is 0 Å². The topological polar surface area (TPSA) is 44.4 Å². The number of amides is 1. The van der Waals surface area contributed by atoms with Gasteiger partial charge in [0.1, 0.15) is 0 Å². The summed E-state index contributed by atoms with van der Waals surface area (Å²) in [7, 11) is 4.03. The summed E-state index contributed by atoms with van der Waals surface area (Å²) in [4.78, 5) is 14.7. The molecule has 1 aliphatic heterocycles. The molecule has 2 N–H and O–H groups in total. The van der Waals surface area contributed by atoms with E-state index >= 15 is 0 Å². The summed E-state index contributed by atoms with van der Waals surface area (Å²) in [5.74, 6) is -0.0181.